The fourth-order valence-corrected chi connectivity index (χ4v) is 4.81. The molecule has 0 amide bonds. The maximum absolute atomic E-state index is 6.28. The summed E-state index contributed by atoms with van der Waals surface area (Å²) >= 11 is 8.15. The third kappa shape index (κ3) is 2.32. The molecule has 114 valence electrons. The third-order valence-corrected chi connectivity index (χ3v) is 6.13. The van der Waals surface area contributed by atoms with E-state index in [0.717, 1.165) is 18.0 Å². The zero-order chi connectivity index (χ0) is 15.3. The molecule has 2 unspecified atom stereocenters. The molecule has 0 saturated carbocycles. The quantitative estimate of drug-likeness (QED) is 0.749. The van der Waals surface area contributed by atoms with Gasteiger partial charge in [-0.25, -0.2) is 0 Å². The van der Waals surface area contributed by atoms with Crippen molar-refractivity contribution in [2.45, 2.75) is 28.3 Å². The predicted molar refractivity (Wildman–Crippen MR) is 94.2 cm³/mol. The first-order chi connectivity index (χ1) is 10.6. The second kappa shape index (κ2) is 5.48. The van der Waals surface area contributed by atoms with Crippen LogP contribution in [0.5, 0.6) is 0 Å². The van der Waals surface area contributed by atoms with Gasteiger partial charge in [0.2, 0.25) is 0 Å². The minimum absolute atomic E-state index is 0.441. The van der Waals surface area contributed by atoms with Crippen molar-refractivity contribution in [2.24, 2.45) is 0 Å². The van der Waals surface area contributed by atoms with Gasteiger partial charge in [-0.15, -0.1) is 0 Å². The molecule has 0 spiro atoms. The molecule has 0 bridgehead atoms. The zero-order valence-electron chi connectivity index (χ0n) is 12.8. The SMILES string of the molecule is CN(C)C1CC2c3ccccc3Sc3ccc(Cl)cc3N2C1. The van der Waals surface area contributed by atoms with Gasteiger partial charge in [0.25, 0.3) is 0 Å². The Morgan fingerprint density at radius 3 is 2.77 bits per heavy atom. The second-order valence-electron chi connectivity index (χ2n) is 6.27. The van der Waals surface area contributed by atoms with Gasteiger partial charge in [0.1, 0.15) is 0 Å². The Morgan fingerprint density at radius 2 is 1.95 bits per heavy atom. The molecule has 2 aromatic rings. The van der Waals surface area contributed by atoms with Crippen molar-refractivity contribution >= 4 is 29.1 Å². The lowest BCUT2D eigenvalue weighted by Crippen LogP contribution is -2.31. The molecule has 2 aromatic carbocycles. The molecule has 1 saturated heterocycles. The number of benzene rings is 2. The van der Waals surface area contributed by atoms with Crippen LogP contribution in [0.25, 0.3) is 0 Å². The molecule has 0 N–H and O–H groups in total. The summed E-state index contributed by atoms with van der Waals surface area (Å²) in [5.41, 5.74) is 2.73. The zero-order valence-corrected chi connectivity index (χ0v) is 14.4. The summed E-state index contributed by atoms with van der Waals surface area (Å²) in [5.74, 6) is 0. The average molecular weight is 331 g/mol. The van der Waals surface area contributed by atoms with E-state index in [1.165, 1.54) is 21.0 Å². The number of nitrogens with zero attached hydrogens (tertiary/aromatic N) is 2. The monoisotopic (exact) mass is 330 g/mol. The van der Waals surface area contributed by atoms with Crippen molar-refractivity contribution in [1.82, 2.24) is 4.90 Å². The van der Waals surface area contributed by atoms with E-state index in [1.54, 1.807) is 0 Å². The second-order valence-corrected chi connectivity index (χ2v) is 7.79. The summed E-state index contributed by atoms with van der Waals surface area (Å²) in [6.07, 6.45) is 1.16. The van der Waals surface area contributed by atoms with Gasteiger partial charge in [-0.2, -0.15) is 0 Å². The van der Waals surface area contributed by atoms with Crippen molar-refractivity contribution < 1.29 is 0 Å². The molecule has 22 heavy (non-hydrogen) atoms. The number of rotatable bonds is 1. The Morgan fingerprint density at radius 1 is 1.14 bits per heavy atom. The molecule has 2 atom stereocenters. The first-order valence-corrected chi connectivity index (χ1v) is 8.82. The van der Waals surface area contributed by atoms with Crippen LogP contribution in [-0.4, -0.2) is 31.6 Å². The van der Waals surface area contributed by atoms with Crippen molar-refractivity contribution in [2.75, 3.05) is 25.5 Å². The Hall–Kier alpha value is -1.16. The Labute approximate surface area is 141 Å². The molecule has 4 rings (SSSR count). The molecule has 0 aromatic heterocycles. The highest BCUT2D eigenvalue weighted by Gasteiger charge is 2.38. The van der Waals surface area contributed by atoms with E-state index in [2.05, 4.69) is 60.3 Å². The van der Waals surface area contributed by atoms with Gasteiger partial charge >= 0.3 is 0 Å². The molecule has 1 fully saturated rings. The highest BCUT2D eigenvalue weighted by Crippen LogP contribution is 2.50. The van der Waals surface area contributed by atoms with Crippen LogP contribution in [0.2, 0.25) is 5.02 Å². The van der Waals surface area contributed by atoms with Crippen LogP contribution in [0.1, 0.15) is 18.0 Å². The third-order valence-electron chi connectivity index (χ3n) is 4.74. The molecule has 2 aliphatic rings. The van der Waals surface area contributed by atoms with Crippen LogP contribution in [0.4, 0.5) is 5.69 Å². The van der Waals surface area contributed by atoms with E-state index in [0.29, 0.717) is 12.1 Å². The number of hydrogen-bond donors (Lipinski definition) is 0. The summed E-state index contributed by atoms with van der Waals surface area (Å²) < 4.78 is 0. The molecule has 0 radical (unpaired) electrons. The van der Waals surface area contributed by atoms with E-state index in [9.17, 15) is 0 Å². The molecule has 2 aliphatic heterocycles. The lowest BCUT2D eigenvalue weighted by atomic mass is 10.0. The van der Waals surface area contributed by atoms with Crippen LogP contribution in [0.15, 0.2) is 52.3 Å². The Bertz CT molecular complexity index is 716. The first kappa shape index (κ1) is 14.4. The maximum Gasteiger partial charge on any atom is 0.0570 e. The van der Waals surface area contributed by atoms with Crippen molar-refractivity contribution in [3.05, 3.63) is 53.1 Å². The highest BCUT2D eigenvalue weighted by atomic mass is 35.5. The molecule has 2 nitrogen and oxygen atoms in total. The molecule has 0 aliphatic carbocycles. The topological polar surface area (TPSA) is 6.48 Å². The lowest BCUT2D eigenvalue weighted by Gasteiger charge is -2.27. The Kier molecular flexibility index (Phi) is 3.60. The van der Waals surface area contributed by atoms with Gasteiger partial charge in [0, 0.05) is 27.4 Å². The minimum atomic E-state index is 0.441. The molecular weight excluding hydrogens is 312 g/mol. The summed E-state index contributed by atoms with van der Waals surface area (Å²) in [5, 5.41) is 0.817. The van der Waals surface area contributed by atoms with Crippen LogP contribution in [-0.2, 0) is 0 Å². The Balaban J connectivity index is 1.88. The van der Waals surface area contributed by atoms with Crippen molar-refractivity contribution in [1.29, 1.82) is 0 Å². The molecule has 2 heterocycles. The maximum atomic E-state index is 6.28. The van der Waals surface area contributed by atoms with E-state index in [4.69, 9.17) is 11.6 Å². The van der Waals surface area contributed by atoms with E-state index in [1.807, 2.05) is 17.8 Å². The average Bonchev–Trinajstić information content (AvgIpc) is 2.90. The van der Waals surface area contributed by atoms with Gasteiger partial charge in [-0.3, -0.25) is 0 Å². The van der Waals surface area contributed by atoms with Crippen molar-refractivity contribution in [3.63, 3.8) is 0 Å². The summed E-state index contributed by atoms with van der Waals surface area (Å²) in [6.45, 7) is 1.06. The first-order valence-electron chi connectivity index (χ1n) is 7.63. The van der Waals surface area contributed by atoms with Gasteiger partial charge in [0.15, 0.2) is 0 Å². The number of halogens is 1. The fourth-order valence-electron chi connectivity index (χ4n) is 3.52. The lowest BCUT2D eigenvalue weighted by molar-refractivity contribution is 0.310. The van der Waals surface area contributed by atoms with Gasteiger partial charge in [-0.1, -0.05) is 41.6 Å². The minimum Gasteiger partial charge on any atom is -0.362 e. The molecule has 4 heteroatoms. The number of hydrogen-bond acceptors (Lipinski definition) is 3. The largest absolute Gasteiger partial charge is 0.362 e. The number of anilines is 1. The van der Waals surface area contributed by atoms with E-state index >= 15 is 0 Å². The predicted octanol–water partition coefficient (Wildman–Crippen LogP) is 4.69. The number of fused-ring (bicyclic) bond motifs is 5. The highest BCUT2D eigenvalue weighted by molar-refractivity contribution is 7.99. The number of likely N-dealkylation sites (N-methyl/N-ethyl adjacent to an activating group) is 1. The molecular formula is C18H19ClN2S. The van der Waals surface area contributed by atoms with E-state index in [-0.39, 0.29) is 0 Å². The van der Waals surface area contributed by atoms with Crippen LogP contribution < -0.4 is 4.90 Å². The standard InChI is InChI=1S/C18H19ClN2S/c1-20(2)13-10-15-14-5-3-4-6-17(14)22-18-8-7-12(19)9-16(18)21(15)11-13/h3-9,13,15H,10-11H2,1-2H3. The summed E-state index contributed by atoms with van der Waals surface area (Å²) in [7, 11) is 4.35. The van der Waals surface area contributed by atoms with Gasteiger partial charge in [0.05, 0.1) is 11.7 Å². The van der Waals surface area contributed by atoms with Gasteiger partial charge in [-0.05, 0) is 50.3 Å². The smallest absolute Gasteiger partial charge is 0.0570 e. The summed E-state index contributed by atoms with van der Waals surface area (Å²) in [4.78, 5) is 7.57. The fraction of sp³-hybridized carbons (Fsp3) is 0.333. The summed E-state index contributed by atoms with van der Waals surface area (Å²) in [6, 6.07) is 16.1. The van der Waals surface area contributed by atoms with Crippen molar-refractivity contribution in [3.8, 4) is 0 Å². The van der Waals surface area contributed by atoms with Crippen LogP contribution >= 0.6 is 23.4 Å². The van der Waals surface area contributed by atoms with Gasteiger partial charge < -0.3 is 9.80 Å². The van der Waals surface area contributed by atoms with E-state index < -0.39 is 0 Å². The normalized spacial score (nSPS) is 23.0. The van der Waals surface area contributed by atoms with Crippen LogP contribution in [0.3, 0.4) is 0 Å². The van der Waals surface area contributed by atoms with Crippen LogP contribution in [0, 0.1) is 0 Å².